The lowest BCUT2D eigenvalue weighted by Crippen LogP contribution is -2.11. The van der Waals surface area contributed by atoms with E-state index in [1.165, 1.54) is 0 Å². The number of anilines is 1. The molecule has 3 aromatic carbocycles. The summed E-state index contributed by atoms with van der Waals surface area (Å²) in [6.45, 7) is 4.48. The maximum absolute atomic E-state index is 12.7. The second kappa shape index (κ2) is 7.60. The maximum Gasteiger partial charge on any atom is 0.291 e. The van der Waals surface area contributed by atoms with Crippen LogP contribution in [-0.4, -0.2) is 27.5 Å². The van der Waals surface area contributed by atoms with Crippen LogP contribution in [0.5, 0.6) is 5.75 Å². The van der Waals surface area contributed by atoms with Crippen molar-refractivity contribution in [2.75, 3.05) is 11.9 Å². The first kappa shape index (κ1) is 18.9. The molecule has 0 aliphatic carbocycles. The van der Waals surface area contributed by atoms with Crippen LogP contribution in [0.3, 0.4) is 0 Å². The largest absolute Gasteiger partial charge is 0.494 e. The molecule has 7 heteroatoms. The molecule has 0 saturated heterocycles. The molecule has 154 valence electrons. The Bertz CT molecular complexity index is 1370. The summed E-state index contributed by atoms with van der Waals surface area (Å²) >= 11 is 0. The Kier molecular flexibility index (Phi) is 4.63. The molecule has 0 atom stereocenters. The average molecular weight is 412 g/mol. The molecule has 0 aliphatic rings. The third-order valence-corrected chi connectivity index (χ3v) is 5.00. The number of carbonyl (C=O) groups is 1. The standard InChI is InChI=1S/C24H20N4O3/c1-3-30-18-10-8-17(9-11-18)28-26-20-12-15(2)19(14-21(20)27-28)25-24(29)23-13-16-6-4-5-7-22(16)31-23/h4-14H,3H2,1-2H3,(H,25,29). The normalized spacial score (nSPS) is 11.2. The number of aromatic nitrogens is 3. The summed E-state index contributed by atoms with van der Waals surface area (Å²) in [5.41, 5.74) is 4.48. The maximum atomic E-state index is 12.7. The molecule has 0 unspecified atom stereocenters. The van der Waals surface area contributed by atoms with E-state index in [0.717, 1.165) is 27.9 Å². The Labute approximate surface area is 178 Å². The van der Waals surface area contributed by atoms with Gasteiger partial charge in [-0.2, -0.15) is 4.80 Å². The summed E-state index contributed by atoms with van der Waals surface area (Å²) < 4.78 is 11.1. The lowest BCUT2D eigenvalue weighted by molar-refractivity contribution is 0.0998. The van der Waals surface area contributed by atoms with Crippen LogP contribution in [-0.2, 0) is 0 Å². The van der Waals surface area contributed by atoms with Gasteiger partial charge in [0.15, 0.2) is 5.76 Å². The Balaban J connectivity index is 1.43. The molecule has 1 N–H and O–H groups in total. The Morgan fingerprint density at radius 3 is 2.52 bits per heavy atom. The number of nitrogens with one attached hydrogen (secondary N) is 1. The van der Waals surface area contributed by atoms with E-state index in [0.29, 0.717) is 23.4 Å². The molecule has 1 amide bonds. The highest BCUT2D eigenvalue weighted by Gasteiger charge is 2.15. The average Bonchev–Trinajstić information content (AvgIpc) is 3.39. The fourth-order valence-electron chi connectivity index (χ4n) is 3.44. The van der Waals surface area contributed by atoms with E-state index in [1.54, 1.807) is 10.9 Å². The zero-order chi connectivity index (χ0) is 21.4. The number of hydrogen-bond donors (Lipinski definition) is 1. The number of aryl methyl sites for hydroxylation is 1. The number of rotatable bonds is 5. The third-order valence-electron chi connectivity index (χ3n) is 5.00. The van der Waals surface area contributed by atoms with Gasteiger partial charge in [-0.25, -0.2) is 0 Å². The van der Waals surface area contributed by atoms with Crippen LogP contribution in [0.4, 0.5) is 5.69 Å². The van der Waals surface area contributed by atoms with Gasteiger partial charge in [0.2, 0.25) is 0 Å². The highest BCUT2D eigenvalue weighted by atomic mass is 16.5. The van der Waals surface area contributed by atoms with Crippen LogP contribution >= 0.6 is 0 Å². The molecule has 31 heavy (non-hydrogen) atoms. The van der Waals surface area contributed by atoms with Gasteiger partial charge in [0.25, 0.3) is 5.91 Å². The van der Waals surface area contributed by atoms with Crippen molar-refractivity contribution < 1.29 is 13.9 Å². The van der Waals surface area contributed by atoms with Gasteiger partial charge in [0.1, 0.15) is 22.4 Å². The topological polar surface area (TPSA) is 82.2 Å². The molecule has 2 aromatic heterocycles. The van der Waals surface area contributed by atoms with E-state index >= 15 is 0 Å². The van der Waals surface area contributed by atoms with Crippen molar-refractivity contribution in [2.45, 2.75) is 13.8 Å². The predicted molar refractivity (Wildman–Crippen MR) is 119 cm³/mol. The first-order valence-electron chi connectivity index (χ1n) is 10.0. The number of nitrogens with zero attached hydrogens (tertiary/aromatic N) is 3. The molecular formula is C24H20N4O3. The van der Waals surface area contributed by atoms with Gasteiger partial charge in [-0.05, 0) is 67.9 Å². The second-order valence-electron chi connectivity index (χ2n) is 7.17. The first-order chi connectivity index (χ1) is 15.1. The van der Waals surface area contributed by atoms with Crippen molar-refractivity contribution in [2.24, 2.45) is 0 Å². The number of ether oxygens (including phenoxy) is 1. The molecule has 5 rings (SSSR count). The minimum absolute atomic E-state index is 0.263. The Morgan fingerprint density at radius 1 is 1.03 bits per heavy atom. The minimum atomic E-state index is -0.308. The van der Waals surface area contributed by atoms with Crippen molar-refractivity contribution in [3.63, 3.8) is 0 Å². The first-order valence-corrected chi connectivity index (χ1v) is 10.0. The number of amides is 1. The summed E-state index contributed by atoms with van der Waals surface area (Å²) in [5.74, 6) is 0.755. The molecule has 0 radical (unpaired) electrons. The Hall–Kier alpha value is -4.13. The number of fused-ring (bicyclic) bond motifs is 2. The van der Waals surface area contributed by atoms with Crippen molar-refractivity contribution in [3.8, 4) is 11.4 Å². The van der Waals surface area contributed by atoms with Gasteiger partial charge in [-0.3, -0.25) is 4.79 Å². The molecule has 5 aromatic rings. The molecule has 2 heterocycles. The van der Waals surface area contributed by atoms with Crippen molar-refractivity contribution >= 4 is 33.6 Å². The van der Waals surface area contributed by atoms with Gasteiger partial charge in [-0.1, -0.05) is 18.2 Å². The van der Waals surface area contributed by atoms with Gasteiger partial charge < -0.3 is 14.5 Å². The second-order valence-corrected chi connectivity index (χ2v) is 7.17. The van der Waals surface area contributed by atoms with E-state index in [4.69, 9.17) is 9.15 Å². The van der Waals surface area contributed by atoms with Crippen LogP contribution in [0.1, 0.15) is 23.0 Å². The highest BCUT2D eigenvalue weighted by molar-refractivity contribution is 6.05. The number of furan rings is 1. The van der Waals surface area contributed by atoms with Crippen molar-refractivity contribution in [1.82, 2.24) is 15.0 Å². The zero-order valence-corrected chi connectivity index (χ0v) is 17.1. The van der Waals surface area contributed by atoms with Gasteiger partial charge in [-0.15, -0.1) is 10.2 Å². The van der Waals surface area contributed by atoms with Crippen molar-refractivity contribution in [3.05, 3.63) is 78.1 Å². The molecule has 0 bridgehead atoms. The Morgan fingerprint density at radius 2 is 1.77 bits per heavy atom. The summed E-state index contributed by atoms with van der Waals surface area (Å²) in [7, 11) is 0. The molecule has 7 nitrogen and oxygen atoms in total. The summed E-state index contributed by atoms with van der Waals surface area (Å²) in [6, 6.07) is 20.6. The molecule has 0 spiro atoms. The highest BCUT2D eigenvalue weighted by Crippen LogP contribution is 2.25. The number of benzene rings is 3. The summed E-state index contributed by atoms with van der Waals surface area (Å²) in [4.78, 5) is 14.3. The lowest BCUT2D eigenvalue weighted by Gasteiger charge is -2.06. The minimum Gasteiger partial charge on any atom is -0.494 e. The van der Waals surface area contributed by atoms with Crippen LogP contribution < -0.4 is 10.1 Å². The summed E-state index contributed by atoms with van der Waals surface area (Å²) in [5, 5.41) is 12.9. The van der Waals surface area contributed by atoms with Crippen LogP contribution in [0.15, 0.2) is 71.1 Å². The van der Waals surface area contributed by atoms with E-state index in [2.05, 4.69) is 15.5 Å². The van der Waals surface area contributed by atoms with Crippen LogP contribution in [0, 0.1) is 6.92 Å². The lowest BCUT2D eigenvalue weighted by atomic mass is 10.1. The van der Waals surface area contributed by atoms with Gasteiger partial charge in [0, 0.05) is 11.1 Å². The molecule has 0 fully saturated rings. The van der Waals surface area contributed by atoms with Crippen LogP contribution in [0.25, 0.3) is 27.7 Å². The predicted octanol–water partition coefficient (Wildman–Crippen LogP) is 5.13. The quantitative estimate of drug-likeness (QED) is 0.433. The SMILES string of the molecule is CCOc1ccc(-n2nc3cc(C)c(NC(=O)c4cc5ccccc5o4)cc3n2)cc1. The molecule has 0 saturated carbocycles. The van der Waals surface area contributed by atoms with Crippen molar-refractivity contribution in [1.29, 1.82) is 0 Å². The van der Waals surface area contributed by atoms with E-state index in [-0.39, 0.29) is 11.7 Å². The fourth-order valence-corrected chi connectivity index (χ4v) is 3.44. The smallest absolute Gasteiger partial charge is 0.291 e. The van der Waals surface area contributed by atoms with E-state index in [9.17, 15) is 4.79 Å². The van der Waals surface area contributed by atoms with E-state index < -0.39 is 0 Å². The number of para-hydroxylation sites is 1. The third kappa shape index (κ3) is 3.61. The number of carbonyl (C=O) groups excluding carboxylic acids is 1. The zero-order valence-electron chi connectivity index (χ0n) is 17.1. The fraction of sp³-hybridized carbons (Fsp3) is 0.125. The number of hydrogen-bond acceptors (Lipinski definition) is 5. The van der Waals surface area contributed by atoms with Gasteiger partial charge in [0.05, 0.1) is 12.3 Å². The van der Waals surface area contributed by atoms with E-state index in [1.807, 2.05) is 74.5 Å². The molecular weight excluding hydrogens is 392 g/mol. The summed E-state index contributed by atoms with van der Waals surface area (Å²) in [6.07, 6.45) is 0. The monoisotopic (exact) mass is 412 g/mol. The molecule has 0 aliphatic heterocycles. The van der Waals surface area contributed by atoms with Crippen LogP contribution in [0.2, 0.25) is 0 Å². The van der Waals surface area contributed by atoms with Gasteiger partial charge >= 0.3 is 0 Å².